The first-order chi connectivity index (χ1) is 2.89. The van der Waals surface area contributed by atoms with Gasteiger partial charge in [0.25, 0.3) is 0 Å². The van der Waals surface area contributed by atoms with Crippen molar-refractivity contribution in [3.05, 3.63) is 11.1 Å². The molecule has 0 fully saturated rings. The van der Waals surface area contributed by atoms with E-state index in [9.17, 15) is 0 Å². The van der Waals surface area contributed by atoms with E-state index < -0.39 is 0 Å². The molecule has 1 aliphatic rings. The molecule has 0 aromatic carbocycles. The molecule has 0 aromatic rings. The third-order valence-corrected chi connectivity index (χ3v) is 1.21. The molecule has 0 saturated heterocycles. The summed E-state index contributed by atoms with van der Waals surface area (Å²) in [4.78, 5) is 1.27. The second-order valence-electron chi connectivity index (χ2n) is 1.10. The number of nitrogens with one attached hydrogen (secondary N) is 1. The normalized spacial score (nSPS) is 15.8. The van der Waals surface area contributed by atoms with E-state index in [1.807, 2.05) is 13.1 Å². The van der Waals surface area contributed by atoms with Gasteiger partial charge >= 0.3 is 0 Å². The Morgan fingerprint density at radius 2 is 2.83 bits per heavy atom. The highest BCUT2D eigenvalue weighted by Gasteiger charge is 1.81. The van der Waals surface area contributed by atoms with Crippen LogP contribution in [0.3, 0.4) is 0 Å². The van der Waals surface area contributed by atoms with Crippen molar-refractivity contribution < 1.29 is 0 Å². The summed E-state index contributed by atoms with van der Waals surface area (Å²) in [6.45, 7) is 2.04. The fourth-order valence-corrected chi connectivity index (χ4v) is 0.667. The van der Waals surface area contributed by atoms with Crippen LogP contribution in [0.1, 0.15) is 6.92 Å². The third kappa shape index (κ3) is 0.534. The molecule has 0 saturated carbocycles. The third-order valence-electron chi connectivity index (χ3n) is 0.546. The van der Waals surface area contributed by atoms with E-state index in [1.165, 1.54) is 4.91 Å². The van der Waals surface area contributed by atoms with Crippen LogP contribution in [0.15, 0.2) is 11.1 Å². The van der Waals surface area contributed by atoms with Crippen molar-refractivity contribution in [1.29, 1.82) is 0 Å². The van der Waals surface area contributed by atoms with Gasteiger partial charge in [0.2, 0.25) is 0 Å². The van der Waals surface area contributed by atoms with E-state index in [-0.39, 0.29) is 0 Å². The minimum Gasteiger partial charge on any atom is -0.319 e. The standard InChI is InChI=1S/C4H5NS/c1-4-2-5-3-6-4/h2,5H,1H3. The first kappa shape index (κ1) is 3.72. The van der Waals surface area contributed by atoms with Crippen LogP contribution in [0.25, 0.3) is 0 Å². The van der Waals surface area contributed by atoms with E-state index in [4.69, 9.17) is 0 Å². The summed E-state index contributed by atoms with van der Waals surface area (Å²) in [6, 6.07) is 0. The summed E-state index contributed by atoms with van der Waals surface area (Å²) in [5.74, 6) is 0. The van der Waals surface area contributed by atoms with Gasteiger partial charge in [-0.25, -0.2) is 0 Å². The molecule has 0 aliphatic carbocycles. The van der Waals surface area contributed by atoms with Crippen molar-refractivity contribution in [3.63, 3.8) is 0 Å². The van der Waals surface area contributed by atoms with Crippen LogP contribution in [0.4, 0.5) is 0 Å². The molecule has 1 nitrogen and oxygen atoms in total. The lowest BCUT2D eigenvalue weighted by Crippen LogP contribution is -1.85. The predicted molar refractivity (Wildman–Crippen MR) is 28.4 cm³/mol. The van der Waals surface area contributed by atoms with E-state index in [2.05, 4.69) is 10.6 Å². The molecule has 0 amide bonds. The number of hydrogen-bond acceptors (Lipinski definition) is 1. The van der Waals surface area contributed by atoms with Gasteiger partial charge in [0.05, 0.1) is 0 Å². The Kier molecular flexibility index (Phi) is 0.825. The quantitative estimate of drug-likeness (QED) is 0.479. The smallest absolute Gasteiger partial charge is 0.0279 e. The van der Waals surface area contributed by atoms with Gasteiger partial charge in [-0.3, -0.25) is 0 Å². The molecular weight excluding hydrogens is 94.1 g/mol. The lowest BCUT2D eigenvalue weighted by atomic mass is 10.7. The minimum absolute atomic E-state index is 1.27. The highest BCUT2D eigenvalue weighted by molar-refractivity contribution is 7.92. The van der Waals surface area contributed by atoms with E-state index in [1.54, 1.807) is 11.2 Å². The van der Waals surface area contributed by atoms with Gasteiger partial charge in [-0.1, -0.05) is 11.2 Å². The Labute approximate surface area is 40.7 Å². The molecule has 0 aromatic heterocycles. The van der Waals surface area contributed by atoms with Crippen LogP contribution >= 0.6 is 11.2 Å². The Bertz CT molecular complexity index is 137. The second kappa shape index (κ2) is 1.33. The number of allylic oxidation sites excluding steroid dienone is 1. The van der Waals surface area contributed by atoms with Crippen molar-refractivity contribution in [1.82, 2.24) is 5.32 Å². The zero-order chi connectivity index (χ0) is 4.41. The van der Waals surface area contributed by atoms with Crippen molar-refractivity contribution in [2.75, 3.05) is 0 Å². The molecular formula is C4H5NS. The summed E-state index contributed by atoms with van der Waals surface area (Å²) in [5, 5.41) is 5.67. The molecule has 6 heavy (non-hydrogen) atoms. The molecule has 1 heterocycles. The Morgan fingerprint density at radius 3 is 3.00 bits per heavy atom. The predicted octanol–water partition coefficient (Wildman–Crippen LogP) is 1.10. The van der Waals surface area contributed by atoms with Gasteiger partial charge in [0.1, 0.15) is 0 Å². The highest BCUT2D eigenvalue weighted by Crippen LogP contribution is 2.02. The van der Waals surface area contributed by atoms with Crippen LogP contribution < -0.4 is 5.32 Å². The largest absolute Gasteiger partial charge is 0.319 e. The fraction of sp³-hybridized carbons (Fsp3) is 0.250. The van der Waals surface area contributed by atoms with Gasteiger partial charge in [-0.2, -0.15) is 0 Å². The van der Waals surface area contributed by atoms with Gasteiger partial charge in [-0.15, -0.1) is 0 Å². The SMILES string of the molecule is CC1=CNC#S1. The average molecular weight is 99.2 g/mol. The van der Waals surface area contributed by atoms with Gasteiger partial charge < -0.3 is 5.32 Å². The minimum atomic E-state index is 1.27. The van der Waals surface area contributed by atoms with Crippen molar-refractivity contribution >= 4 is 11.2 Å². The Balaban J connectivity index is 2.79. The monoisotopic (exact) mass is 99.0 g/mol. The van der Waals surface area contributed by atoms with Crippen LogP contribution in [-0.4, -0.2) is 0 Å². The maximum atomic E-state index is 2.85. The van der Waals surface area contributed by atoms with Crippen molar-refractivity contribution in [2.45, 2.75) is 6.92 Å². The molecule has 0 unspecified atom stereocenters. The van der Waals surface area contributed by atoms with Gasteiger partial charge in [0.15, 0.2) is 0 Å². The van der Waals surface area contributed by atoms with E-state index >= 15 is 0 Å². The molecule has 1 rings (SSSR count). The van der Waals surface area contributed by atoms with Gasteiger partial charge in [0, 0.05) is 16.4 Å². The summed E-state index contributed by atoms with van der Waals surface area (Å²) in [7, 11) is 0. The van der Waals surface area contributed by atoms with Crippen molar-refractivity contribution in [3.8, 4) is 5.31 Å². The average Bonchev–Trinajstić information content (AvgIpc) is 1.86. The summed E-state index contributed by atoms with van der Waals surface area (Å²) in [6.07, 6.45) is 1.92. The van der Waals surface area contributed by atoms with Crippen LogP contribution in [0.5, 0.6) is 0 Å². The lowest BCUT2D eigenvalue weighted by molar-refractivity contribution is 1.27. The maximum Gasteiger partial charge on any atom is 0.0279 e. The fourth-order valence-electron chi connectivity index (χ4n) is 0.271. The van der Waals surface area contributed by atoms with Crippen LogP contribution in [-0.2, 0) is 0 Å². The van der Waals surface area contributed by atoms with Gasteiger partial charge in [-0.05, 0) is 6.92 Å². The Hall–Kier alpha value is -0.460. The topological polar surface area (TPSA) is 12.0 Å². The number of rotatable bonds is 0. The molecule has 0 radical (unpaired) electrons. The van der Waals surface area contributed by atoms with E-state index in [0.29, 0.717) is 0 Å². The molecule has 0 bridgehead atoms. The van der Waals surface area contributed by atoms with E-state index in [0.717, 1.165) is 0 Å². The first-order valence-electron chi connectivity index (χ1n) is 1.74. The molecule has 0 atom stereocenters. The molecule has 32 valence electrons. The van der Waals surface area contributed by atoms with Crippen molar-refractivity contribution in [2.24, 2.45) is 0 Å². The number of hydrogen-bond donors (Lipinski definition) is 1. The molecule has 2 heteroatoms. The summed E-state index contributed by atoms with van der Waals surface area (Å²) in [5.41, 5.74) is 0. The molecule has 0 spiro atoms. The molecule has 1 N–H and O–H groups in total. The first-order valence-corrected chi connectivity index (χ1v) is 2.55. The second-order valence-corrected chi connectivity index (χ2v) is 2.16. The zero-order valence-electron chi connectivity index (χ0n) is 3.49. The lowest BCUT2D eigenvalue weighted by Gasteiger charge is -1.72. The molecule has 1 aliphatic heterocycles. The van der Waals surface area contributed by atoms with Crippen LogP contribution in [0, 0.1) is 5.31 Å². The maximum absolute atomic E-state index is 2.85. The highest BCUT2D eigenvalue weighted by atomic mass is 32.1. The Morgan fingerprint density at radius 1 is 2.00 bits per heavy atom. The summed E-state index contributed by atoms with van der Waals surface area (Å²) >= 11 is 1.60. The summed E-state index contributed by atoms with van der Waals surface area (Å²) < 4.78 is 0. The van der Waals surface area contributed by atoms with Crippen LogP contribution in [0.2, 0.25) is 0 Å². The zero-order valence-corrected chi connectivity index (χ0v) is 4.30.